The van der Waals surface area contributed by atoms with Gasteiger partial charge in [-0.1, -0.05) is 18.1 Å². The van der Waals surface area contributed by atoms with Crippen molar-refractivity contribution in [2.75, 3.05) is 6.54 Å². The molecule has 0 atom stereocenters. The van der Waals surface area contributed by atoms with Crippen molar-refractivity contribution in [3.8, 4) is 11.8 Å². The molecule has 0 bridgehead atoms. The first-order valence-corrected chi connectivity index (χ1v) is 9.20. The second-order valence-electron chi connectivity index (χ2n) is 7.33. The van der Waals surface area contributed by atoms with Crippen LogP contribution in [-0.2, 0) is 12.8 Å². The minimum atomic E-state index is -0.266. The standard InChI is InChI=1S/C20H24N2O2S/c1-14-11-17(15(2)10-16(14)7-9-22(23)24)12-18-13-25-19(21-18)6-8-20(3,4)5/h10-11,13H,7,9,12H2,1-5H3. The molecule has 5 heteroatoms. The number of rotatable bonds is 5. The molecule has 4 nitrogen and oxygen atoms in total. The quantitative estimate of drug-likeness (QED) is 0.448. The van der Waals surface area contributed by atoms with Crippen molar-refractivity contribution < 1.29 is 4.92 Å². The van der Waals surface area contributed by atoms with Crippen LogP contribution in [0.1, 0.15) is 53.7 Å². The summed E-state index contributed by atoms with van der Waals surface area (Å²) in [6, 6.07) is 4.20. The number of hydrogen-bond acceptors (Lipinski definition) is 4. The maximum atomic E-state index is 10.6. The molecule has 25 heavy (non-hydrogen) atoms. The lowest BCUT2D eigenvalue weighted by molar-refractivity contribution is -0.479. The Balaban J connectivity index is 2.15. The Hall–Kier alpha value is -2.19. The van der Waals surface area contributed by atoms with E-state index in [9.17, 15) is 10.1 Å². The van der Waals surface area contributed by atoms with Gasteiger partial charge in [-0.3, -0.25) is 10.1 Å². The largest absolute Gasteiger partial charge is 0.265 e. The molecule has 0 aliphatic rings. The minimum absolute atomic E-state index is 0.0263. The van der Waals surface area contributed by atoms with Crippen molar-refractivity contribution in [2.24, 2.45) is 5.41 Å². The van der Waals surface area contributed by atoms with Gasteiger partial charge in [-0.15, -0.1) is 11.3 Å². The SMILES string of the molecule is Cc1cc(Cc2csc(C#CC(C)(C)C)n2)c(C)cc1CC[N+](=O)[O-]. The summed E-state index contributed by atoms with van der Waals surface area (Å²) in [5, 5.41) is 13.5. The fourth-order valence-electron chi connectivity index (χ4n) is 2.49. The summed E-state index contributed by atoms with van der Waals surface area (Å²) in [6.07, 6.45) is 1.24. The normalized spacial score (nSPS) is 11.1. The van der Waals surface area contributed by atoms with E-state index >= 15 is 0 Å². The van der Waals surface area contributed by atoms with Gasteiger partial charge >= 0.3 is 0 Å². The lowest BCUT2D eigenvalue weighted by Gasteiger charge is -2.10. The van der Waals surface area contributed by atoms with Crippen molar-refractivity contribution in [3.63, 3.8) is 0 Å². The van der Waals surface area contributed by atoms with E-state index in [1.54, 1.807) is 11.3 Å². The first-order chi connectivity index (χ1) is 11.6. The summed E-state index contributed by atoms with van der Waals surface area (Å²) in [5.74, 6) is 6.36. The third kappa shape index (κ3) is 5.99. The Labute approximate surface area is 153 Å². The van der Waals surface area contributed by atoms with Gasteiger partial charge in [0, 0.05) is 28.6 Å². The van der Waals surface area contributed by atoms with Crippen LogP contribution in [0, 0.1) is 41.2 Å². The van der Waals surface area contributed by atoms with E-state index in [2.05, 4.69) is 62.0 Å². The van der Waals surface area contributed by atoms with Gasteiger partial charge in [0.15, 0.2) is 5.01 Å². The van der Waals surface area contributed by atoms with Crippen LogP contribution < -0.4 is 0 Å². The van der Waals surface area contributed by atoms with Gasteiger partial charge < -0.3 is 0 Å². The van der Waals surface area contributed by atoms with Crippen molar-refractivity contribution in [2.45, 2.75) is 47.5 Å². The van der Waals surface area contributed by atoms with Crippen LogP contribution in [0.5, 0.6) is 0 Å². The maximum Gasteiger partial charge on any atom is 0.207 e. The van der Waals surface area contributed by atoms with Gasteiger partial charge in [0.2, 0.25) is 6.54 Å². The average molecular weight is 356 g/mol. The lowest BCUT2D eigenvalue weighted by atomic mass is 9.96. The second-order valence-corrected chi connectivity index (χ2v) is 8.19. The summed E-state index contributed by atoms with van der Waals surface area (Å²) in [5.41, 5.74) is 5.50. The van der Waals surface area contributed by atoms with Gasteiger partial charge in [-0.05, 0) is 62.8 Å². The third-order valence-electron chi connectivity index (χ3n) is 3.83. The molecule has 1 heterocycles. The molecule has 0 saturated carbocycles. The first-order valence-electron chi connectivity index (χ1n) is 8.32. The molecule has 0 fully saturated rings. The molecule has 0 amide bonds. The molecule has 0 unspecified atom stereocenters. The number of aryl methyl sites for hydroxylation is 2. The Morgan fingerprint density at radius 2 is 1.84 bits per heavy atom. The van der Waals surface area contributed by atoms with Crippen molar-refractivity contribution in [1.29, 1.82) is 0 Å². The fraction of sp³-hybridized carbons (Fsp3) is 0.450. The van der Waals surface area contributed by atoms with Crippen molar-refractivity contribution >= 4 is 11.3 Å². The molecule has 0 radical (unpaired) electrons. The molecule has 2 aromatic rings. The van der Waals surface area contributed by atoms with Gasteiger partial charge in [0.05, 0.1) is 5.69 Å². The van der Waals surface area contributed by atoms with Gasteiger partial charge in [-0.2, -0.15) is 0 Å². The molecule has 132 valence electrons. The molecule has 0 saturated heterocycles. The monoisotopic (exact) mass is 356 g/mol. The molecule has 0 spiro atoms. The average Bonchev–Trinajstić information content (AvgIpc) is 2.94. The summed E-state index contributed by atoms with van der Waals surface area (Å²) >= 11 is 1.57. The zero-order chi connectivity index (χ0) is 18.6. The first kappa shape index (κ1) is 19.1. The highest BCUT2D eigenvalue weighted by Gasteiger charge is 2.10. The highest BCUT2D eigenvalue weighted by molar-refractivity contribution is 7.10. The predicted octanol–water partition coefficient (Wildman–Crippen LogP) is 4.57. The zero-order valence-corrected chi connectivity index (χ0v) is 16.3. The van der Waals surface area contributed by atoms with Crippen LogP contribution in [0.3, 0.4) is 0 Å². The summed E-state index contributed by atoms with van der Waals surface area (Å²) in [4.78, 5) is 14.9. The van der Waals surface area contributed by atoms with Crippen LogP contribution in [0.4, 0.5) is 0 Å². The molecule has 0 aliphatic carbocycles. The molecule has 0 aliphatic heterocycles. The van der Waals surface area contributed by atoms with Crippen molar-refractivity contribution in [1.82, 2.24) is 4.98 Å². The summed E-state index contributed by atoms with van der Waals surface area (Å²) in [6.45, 7) is 10.3. The highest BCUT2D eigenvalue weighted by atomic mass is 32.1. The summed E-state index contributed by atoms with van der Waals surface area (Å²) in [7, 11) is 0. The smallest absolute Gasteiger partial charge is 0.207 e. The fourth-order valence-corrected chi connectivity index (χ4v) is 3.15. The minimum Gasteiger partial charge on any atom is -0.265 e. The second kappa shape index (κ2) is 7.79. The number of benzene rings is 1. The van der Waals surface area contributed by atoms with Gasteiger partial charge in [-0.25, -0.2) is 4.98 Å². The van der Waals surface area contributed by atoms with Crippen LogP contribution in [0.15, 0.2) is 17.5 Å². The Bertz CT molecular complexity index is 836. The highest BCUT2D eigenvalue weighted by Crippen LogP contribution is 2.21. The van der Waals surface area contributed by atoms with Crippen molar-refractivity contribution in [3.05, 3.63) is 60.6 Å². The van der Waals surface area contributed by atoms with Crippen LogP contribution in [-0.4, -0.2) is 16.5 Å². The van der Waals surface area contributed by atoms with E-state index in [0.29, 0.717) is 6.42 Å². The zero-order valence-electron chi connectivity index (χ0n) is 15.5. The van der Waals surface area contributed by atoms with E-state index in [1.165, 1.54) is 5.56 Å². The Morgan fingerprint density at radius 1 is 1.20 bits per heavy atom. The van der Waals surface area contributed by atoms with E-state index in [-0.39, 0.29) is 16.9 Å². The van der Waals surface area contributed by atoms with Crippen LogP contribution >= 0.6 is 11.3 Å². The Morgan fingerprint density at radius 3 is 2.48 bits per heavy atom. The Kier molecular flexibility index (Phi) is 5.97. The van der Waals surface area contributed by atoms with E-state index in [0.717, 1.165) is 33.8 Å². The van der Waals surface area contributed by atoms with Gasteiger partial charge in [0.1, 0.15) is 0 Å². The summed E-state index contributed by atoms with van der Waals surface area (Å²) < 4.78 is 0. The van der Waals surface area contributed by atoms with E-state index in [1.807, 2.05) is 6.92 Å². The predicted molar refractivity (Wildman–Crippen MR) is 103 cm³/mol. The number of nitrogens with zero attached hydrogens (tertiary/aromatic N) is 2. The molecule has 2 rings (SSSR count). The molecular formula is C20H24N2O2S. The number of nitro groups is 1. The van der Waals surface area contributed by atoms with Gasteiger partial charge in [0.25, 0.3) is 0 Å². The lowest BCUT2D eigenvalue weighted by Crippen LogP contribution is -2.06. The van der Waals surface area contributed by atoms with Crippen LogP contribution in [0.25, 0.3) is 0 Å². The maximum absolute atomic E-state index is 10.6. The molecular weight excluding hydrogens is 332 g/mol. The van der Waals surface area contributed by atoms with E-state index < -0.39 is 0 Å². The number of thiazole rings is 1. The molecule has 1 aromatic carbocycles. The molecule has 0 N–H and O–H groups in total. The topological polar surface area (TPSA) is 56.0 Å². The third-order valence-corrected chi connectivity index (χ3v) is 4.63. The number of hydrogen-bond donors (Lipinski definition) is 0. The number of aromatic nitrogens is 1. The molecule has 1 aromatic heterocycles. The van der Waals surface area contributed by atoms with Crippen LogP contribution in [0.2, 0.25) is 0 Å². The van der Waals surface area contributed by atoms with E-state index in [4.69, 9.17) is 0 Å².